The normalized spacial score (nSPS) is 10.7. The maximum Gasteiger partial charge on any atom is 0.145 e. The van der Waals surface area contributed by atoms with E-state index in [0.29, 0.717) is 0 Å². The van der Waals surface area contributed by atoms with Crippen LogP contribution >= 0.6 is 12.6 Å². The number of fused-ring (bicyclic) bond motifs is 1. The Morgan fingerprint density at radius 2 is 2.06 bits per heavy atom. The van der Waals surface area contributed by atoms with E-state index in [1.807, 2.05) is 25.1 Å². The van der Waals surface area contributed by atoms with Gasteiger partial charge in [-0.1, -0.05) is 18.2 Å². The largest absolute Gasteiger partial charge is 0.491 e. The van der Waals surface area contributed by atoms with Gasteiger partial charge in [-0.25, -0.2) is 4.98 Å². The summed E-state index contributed by atoms with van der Waals surface area (Å²) in [7, 11) is 0. The van der Waals surface area contributed by atoms with Crippen LogP contribution in [0, 0.1) is 6.92 Å². The van der Waals surface area contributed by atoms with Crippen LogP contribution in [0.3, 0.4) is 0 Å². The molecule has 0 unspecified atom stereocenters. The van der Waals surface area contributed by atoms with Gasteiger partial charge in [0.15, 0.2) is 0 Å². The Balaban J connectivity index is 2.18. The van der Waals surface area contributed by atoms with E-state index in [4.69, 9.17) is 4.74 Å². The molecule has 0 aliphatic rings. The average Bonchev–Trinajstić information content (AvgIpc) is 2.35. The van der Waals surface area contributed by atoms with E-state index in [9.17, 15) is 0 Å². The maximum atomic E-state index is 5.78. The molecule has 3 heteroatoms. The Morgan fingerprint density at radius 3 is 2.88 bits per heavy atom. The van der Waals surface area contributed by atoms with E-state index in [1.54, 1.807) is 0 Å². The van der Waals surface area contributed by atoms with Crippen molar-refractivity contribution in [1.82, 2.24) is 4.98 Å². The minimum absolute atomic E-state index is 0.731. The van der Waals surface area contributed by atoms with Crippen LogP contribution < -0.4 is 4.74 Å². The highest BCUT2D eigenvalue weighted by atomic mass is 32.1. The van der Waals surface area contributed by atoms with Crippen molar-refractivity contribution in [3.05, 3.63) is 36.0 Å². The van der Waals surface area contributed by atoms with Gasteiger partial charge in [-0.2, -0.15) is 12.6 Å². The molecule has 0 fully saturated rings. The van der Waals surface area contributed by atoms with E-state index in [2.05, 4.69) is 29.7 Å². The van der Waals surface area contributed by atoms with E-state index in [1.165, 1.54) is 0 Å². The van der Waals surface area contributed by atoms with Crippen molar-refractivity contribution < 1.29 is 4.74 Å². The number of pyridine rings is 1. The molecule has 2 nitrogen and oxygen atoms in total. The van der Waals surface area contributed by atoms with E-state index >= 15 is 0 Å². The number of para-hydroxylation sites is 1. The lowest BCUT2D eigenvalue weighted by Crippen LogP contribution is -1.99. The number of rotatable bonds is 5. The van der Waals surface area contributed by atoms with E-state index < -0.39 is 0 Å². The Bertz CT molecular complexity index is 499. The fourth-order valence-electron chi connectivity index (χ4n) is 1.73. The number of thiol groups is 1. The molecule has 1 heterocycles. The van der Waals surface area contributed by atoms with Crippen LogP contribution in [0.25, 0.3) is 10.9 Å². The number of nitrogens with zero attached hydrogens (tertiary/aromatic N) is 1. The van der Waals surface area contributed by atoms with Gasteiger partial charge in [0.2, 0.25) is 0 Å². The van der Waals surface area contributed by atoms with Gasteiger partial charge in [-0.15, -0.1) is 0 Å². The van der Waals surface area contributed by atoms with Gasteiger partial charge >= 0.3 is 0 Å². The van der Waals surface area contributed by atoms with Crippen LogP contribution in [0.2, 0.25) is 0 Å². The van der Waals surface area contributed by atoms with Crippen molar-refractivity contribution >= 4 is 23.5 Å². The van der Waals surface area contributed by atoms with Crippen molar-refractivity contribution in [1.29, 1.82) is 0 Å². The van der Waals surface area contributed by atoms with Gasteiger partial charge in [0.1, 0.15) is 11.3 Å². The first-order valence-electron chi connectivity index (χ1n) is 5.91. The van der Waals surface area contributed by atoms with E-state index in [0.717, 1.165) is 47.5 Å². The molecule has 90 valence electrons. The van der Waals surface area contributed by atoms with Crippen LogP contribution in [0.1, 0.15) is 18.5 Å². The van der Waals surface area contributed by atoms with Crippen LogP contribution in [-0.4, -0.2) is 17.3 Å². The van der Waals surface area contributed by atoms with Gasteiger partial charge in [-0.05, 0) is 37.7 Å². The average molecular weight is 247 g/mol. The highest BCUT2D eigenvalue weighted by Gasteiger charge is 2.03. The summed E-state index contributed by atoms with van der Waals surface area (Å²) < 4.78 is 5.78. The predicted molar refractivity (Wildman–Crippen MR) is 75.1 cm³/mol. The van der Waals surface area contributed by atoms with Crippen LogP contribution in [-0.2, 0) is 0 Å². The van der Waals surface area contributed by atoms with Crippen LogP contribution in [0.4, 0.5) is 0 Å². The molecule has 0 atom stereocenters. The molecule has 0 saturated heterocycles. The fourth-order valence-corrected chi connectivity index (χ4v) is 1.95. The number of unbranched alkanes of at least 4 members (excludes halogenated alkanes) is 1. The SMILES string of the molecule is Cc1ccc2cccc(OCCCCS)c2n1. The molecule has 0 N–H and O–H groups in total. The molecular formula is C14H17NOS. The highest BCUT2D eigenvalue weighted by molar-refractivity contribution is 7.80. The summed E-state index contributed by atoms with van der Waals surface area (Å²) in [5, 5.41) is 1.13. The summed E-state index contributed by atoms with van der Waals surface area (Å²) >= 11 is 4.19. The molecule has 0 amide bonds. The third kappa shape index (κ3) is 3.13. The van der Waals surface area contributed by atoms with Gasteiger partial charge < -0.3 is 4.74 Å². The molecule has 0 saturated carbocycles. The lowest BCUT2D eigenvalue weighted by molar-refractivity contribution is 0.313. The lowest BCUT2D eigenvalue weighted by atomic mass is 10.2. The topological polar surface area (TPSA) is 22.1 Å². The summed E-state index contributed by atoms with van der Waals surface area (Å²) in [5.74, 6) is 1.79. The predicted octanol–water partition coefficient (Wildman–Crippen LogP) is 3.63. The first-order chi connectivity index (χ1) is 8.31. The fraction of sp³-hybridized carbons (Fsp3) is 0.357. The highest BCUT2D eigenvalue weighted by Crippen LogP contribution is 2.24. The first-order valence-corrected chi connectivity index (χ1v) is 6.54. The van der Waals surface area contributed by atoms with Crippen molar-refractivity contribution in [2.75, 3.05) is 12.4 Å². The number of benzene rings is 1. The zero-order valence-corrected chi connectivity index (χ0v) is 10.9. The summed E-state index contributed by atoms with van der Waals surface area (Å²) in [6.45, 7) is 2.73. The summed E-state index contributed by atoms with van der Waals surface area (Å²) in [5.41, 5.74) is 1.97. The summed E-state index contributed by atoms with van der Waals surface area (Å²) in [6, 6.07) is 10.1. The second-order valence-corrected chi connectivity index (χ2v) is 4.51. The molecule has 2 aromatic rings. The van der Waals surface area contributed by atoms with Gasteiger partial charge in [0.05, 0.1) is 6.61 Å². The third-order valence-corrected chi connectivity index (χ3v) is 2.95. The molecule has 1 aromatic heterocycles. The minimum atomic E-state index is 0.731. The van der Waals surface area contributed by atoms with Crippen molar-refractivity contribution in [2.24, 2.45) is 0 Å². The quantitative estimate of drug-likeness (QED) is 0.644. The second-order valence-electron chi connectivity index (χ2n) is 4.06. The molecule has 0 aliphatic heterocycles. The lowest BCUT2D eigenvalue weighted by Gasteiger charge is -2.08. The molecule has 0 bridgehead atoms. The third-order valence-electron chi connectivity index (χ3n) is 2.63. The number of ether oxygens (including phenoxy) is 1. The van der Waals surface area contributed by atoms with Crippen molar-refractivity contribution in [2.45, 2.75) is 19.8 Å². The van der Waals surface area contributed by atoms with Crippen LogP contribution in [0.5, 0.6) is 5.75 Å². The van der Waals surface area contributed by atoms with E-state index in [-0.39, 0.29) is 0 Å². The molecular weight excluding hydrogens is 230 g/mol. The Hall–Kier alpha value is -1.22. The number of hydrogen-bond donors (Lipinski definition) is 1. The molecule has 0 aliphatic carbocycles. The second kappa shape index (κ2) is 5.92. The first kappa shape index (κ1) is 12.2. The van der Waals surface area contributed by atoms with Crippen molar-refractivity contribution in [3.63, 3.8) is 0 Å². The Labute approximate surface area is 107 Å². The minimum Gasteiger partial charge on any atom is -0.491 e. The zero-order valence-electron chi connectivity index (χ0n) is 10.0. The molecule has 1 aromatic carbocycles. The zero-order chi connectivity index (χ0) is 12.1. The number of hydrogen-bond acceptors (Lipinski definition) is 3. The monoisotopic (exact) mass is 247 g/mol. The van der Waals surface area contributed by atoms with Gasteiger partial charge in [0.25, 0.3) is 0 Å². The van der Waals surface area contributed by atoms with Gasteiger partial charge in [-0.3, -0.25) is 0 Å². The number of aryl methyl sites for hydroxylation is 1. The van der Waals surface area contributed by atoms with Crippen molar-refractivity contribution in [3.8, 4) is 5.75 Å². The Morgan fingerprint density at radius 1 is 1.18 bits per heavy atom. The molecule has 0 radical (unpaired) electrons. The molecule has 0 spiro atoms. The molecule has 17 heavy (non-hydrogen) atoms. The standard InChI is InChI=1S/C14H17NOS/c1-11-7-8-12-5-4-6-13(14(12)15-11)16-9-2-3-10-17/h4-8,17H,2-3,9-10H2,1H3. The maximum absolute atomic E-state index is 5.78. The van der Waals surface area contributed by atoms with Gasteiger partial charge in [0, 0.05) is 11.1 Å². The van der Waals surface area contributed by atoms with Crippen LogP contribution in [0.15, 0.2) is 30.3 Å². The number of aromatic nitrogens is 1. The molecule has 2 rings (SSSR count). The Kier molecular flexibility index (Phi) is 4.26. The smallest absolute Gasteiger partial charge is 0.145 e. The summed E-state index contributed by atoms with van der Waals surface area (Å²) in [6.07, 6.45) is 2.12. The summed E-state index contributed by atoms with van der Waals surface area (Å²) in [4.78, 5) is 4.53.